The molecule has 0 atom stereocenters. The van der Waals surface area contributed by atoms with E-state index in [2.05, 4.69) is 32.5 Å². The topological polar surface area (TPSA) is 41.0 Å². The van der Waals surface area contributed by atoms with Gasteiger partial charge >= 0.3 is 5.69 Å². The highest BCUT2D eigenvalue weighted by atomic mass is 127. The molecule has 5 heteroatoms. The number of nitrogens with one attached hydrogen (secondary N) is 1. The lowest BCUT2D eigenvalue weighted by Crippen LogP contribution is -2.28. The normalized spacial score (nSPS) is 16.7. The predicted octanol–water partition coefficient (Wildman–Crippen LogP) is 2.03. The van der Waals surface area contributed by atoms with Gasteiger partial charge in [0.1, 0.15) is 0 Å². The van der Waals surface area contributed by atoms with Crippen LogP contribution in [0.4, 0.5) is 0 Å². The van der Waals surface area contributed by atoms with Crippen molar-refractivity contribution in [3.05, 3.63) is 32.3 Å². The van der Waals surface area contributed by atoms with Crippen LogP contribution in [0.3, 0.4) is 0 Å². The Labute approximate surface area is 119 Å². The van der Waals surface area contributed by atoms with Crippen molar-refractivity contribution in [2.24, 2.45) is 0 Å². The fourth-order valence-corrected chi connectivity index (χ4v) is 3.10. The second kappa shape index (κ2) is 5.05. The van der Waals surface area contributed by atoms with Crippen molar-refractivity contribution in [1.29, 1.82) is 0 Å². The molecule has 96 valence electrons. The van der Waals surface area contributed by atoms with Gasteiger partial charge in [0.2, 0.25) is 0 Å². The Kier molecular flexibility index (Phi) is 3.43. The van der Waals surface area contributed by atoms with E-state index in [0.717, 1.165) is 27.7 Å². The third kappa shape index (κ3) is 2.33. The van der Waals surface area contributed by atoms with Crippen LogP contribution in [0.1, 0.15) is 12.8 Å². The largest absolute Gasteiger partial charge is 0.326 e. The smallest absolute Gasteiger partial charge is 0.306 e. The SMILES string of the molecule is O=c1[nH]c2cc(I)ccc2n1CCN1CCCC1. The summed E-state index contributed by atoms with van der Waals surface area (Å²) in [6.07, 6.45) is 2.59. The average Bonchev–Trinajstić information content (AvgIpc) is 2.93. The molecule has 1 fully saturated rings. The number of halogens is 1. The number of aromatic amines is 1. The summed E-state index contributed by atoms with van der Waals surface area (Å²) >= 11 is 2.26. The first kappa shape index (κ1) is 12.2. The molecule has 1 aliphatic heterocycles. The second-order valence-corrected chi connectivity index (χ2v) is 6.04. The van der Waals surface area contributed by atoms with Crippen molar-refractivity contribution in [2.75, 3.05) is 19.6 Å². The minimum absolute atomic E-state index is 0.00574. The lowest BCUT2D eigenvalue weighted by atomic mass is 10.3. The van der Waals surface area contributed by atoms with Crippen LogP contribution < -0.4 is 5.69 Å². The van der Waals surface area contributed by atoms with Gasteiger partial charge in [-0.3, -0.25) is 4.57 Å². The van der Waals surface area contributed by atoms with Gasteiger partial charge in [-0.25, -0.2) is 4.79 Å². The van der Waals surface area contributed by atoms with E-state index >= 15 is 0 Å². The van der Waals surface area contributed by atoms with Gasteiger partial charge in [-0.15, -0.1) is 0 Å². The molecule has 0 radical (unpaired) electrons. The van der Waals surface area contributed by atoms with E-state index in [1.165, 1.54) is 25.9 Å². The van der Waals surface area contributed by atoms with Gasteiger partial charge in [-0.05, 0) is 66.7 Å². The van der Waals surface area contributed by atoms with E-state index in [4.69, 9.17) is 0 Å². The molecule has 0 unspecified atom stereocenters. The van der Waals surface area contributed by atoms with E-state index < -0.39 is 0 Å². The summed E-state index contributed by atoms with van der Waals surface area (Å²) in [5.41, 5.74) is 1.96. The molecule has 0 aliphatic carbocycles. The van der Waals surface area contributed by atoms with Crippen LogP contribution in [0.25, 0.3) is 11.0 Å². The quantitative estimate of drug-likeness (QED) is 0.855. The Bertz CT molecular complexity index is 610. The molecule has 1 aliphatic rings. The molecule has 1 aromatic carbocycles. The highest BCUT2D eigenvalue weighted by molar-refractivity contribution is 14.1. The molecule has 18 heavy (non-hydrogen) atoms. The first-order valence-corrected chi connectivity index (χ1v) is 7.42. The Morgan fingerprint density at radius 1 is 1.22 bits per heavy atom. The molecule has 0 spiro atoms. The Morgan fingerprint density at radius 2 is 2.00 bits per heavy atom. The van der Waals surface area contributed by atoms with Gasteiger partial charge < -0.3 is 9.88 Å². The zero-order valence-electron chi connectivity index (χ0n) is 10.2. The van der Waals surface area contributed by atoms with Gasteiger partial charge in [0.05, 0.1) is 11.0 Å². The van der Waals surface area contributed by atoms with Crippen LogP contribution >= 0.6 is 22.6 Å². The molecule has 1 N–H and O–H groups in total. The van der Waals surface area contributed by atoms with Crippen molar-refractivity contribution >= 4 is 33.6 Å². The van der Waals surface area contributed by atoms with Crippen LogP contribution in [0.5, 0.6) is 0 Å². The number of fused-ring (bicyclic) bond motifs is 1. The summed E-state index contributed by atoms with van der Waals surface area (Å²) in [4.78, 5) is 17.3. The van der Waals surface area contributed by atoms with Crippen molar-refractivity contribution in [3.8, 4) is 0 Å². The zero-order chi connectivity index (χ0) is 12.5. The molecule has 0 saturated carbocycles. The maximum Gasteiger partial charge on any atom is 0.326 e. The standard InChI is InChI=1S/C13H16IN3O/c14-10-3-4-12-11(9-10)15-13(18)17(12)8-7-16-5-1-2-6-16/h3-4,9H,1-2,5-8H2,(H,15,18). The molecule has 3 rings (SSSR count). The van der Waals surface area contributed by atoms with E-state index in [1.54, 1.807) is 0 Å². The Hall–Kier alpha value is -0.820. The maximum atomic E-state index is 11.9. The number of aromatic nitrogens is 2. The highest BCUT2D eigenvalue weighted by Gasteiger charge is 2.13. The third-order valence-corrected chi connectivity index (χ3v) is 4.25. The second-order valence-electron chi connectivity index (χ2n) is 4.79. The molecule has 2 aromatic rings. The number of hydrogen-bond donors (Lipinski definition) is 1. The molecule has 2 heterocycles. The number of nitrogens with zero attached hydrogens (tertiary/aromatic N) is 2. The molecule has 4 nitrogen and oxygen atoms in total. The fourth-order valence-electron chi connectivity index (χ4n) is 2.61. The fraction of sp³-hybridized carbons (Fsp3) is 0.462. The third-order valence-electron chi connectivity index (χ3n) is 3.57. The summed E-state index contributed by atoms with van der Waals surface area (Å²) in [6, 6.07) is 6.09. The van der Waals surface area contributed by atoms with Crippen LogP contribution in [-0.4, -0.2) is 34.1 Å². The number of benzene rings is 1. The van der Waals surface area contributed by atoms with Crippen molar-refractivity contribution in [2.45, 2.75) is 19.4 Å². The van der Waals surface area contributed by atoms with E-state index in [1.807, 2.05) is 22.8 Å². The van der Waals surface area contributed by atoms with Crippen molar-refractivity contribution in [3.63, 3.8) is 0 Å². The lowest BCUT2D eigenvalue weighted by Gasteiger charge is -2.14. The zero-order valence-corrected chi connectivity index (χ0v) is 12.3. The van der Waals surface area contributed by atoms with Gasteiger partial charge in [0.25, 0.3) is 0 Å². The summed E-state index contributed by atoms with van der Waals surface area (Å²) in [7, 11) is 0. The van der Waals surface area contributed by atoms with Crippen LogP contribution in [-0.2, 0) is 6.54 Å². The number of imidazole rings is 1. The van der Waals surface area contributed by atoms with Gasteiger partial charge in [-0.2, -0.15) is 0 Å². The molecular formula is C13H16IN3O. The molecule has 0 amide bonds. The van der Waals surface area contributed by atoms with Crippen LogP contribution in [0.2, 0.25) is 0 Å². The van der Waals surface area contributed by atoms with E-state index in [-0.39, 0.29) is 5.69 Å². The minimum atomic E-state index is 0.00574. The van der Waals surface area contributed by atoms with Crippen molar-refractivity contribution in [1.82, 2.24) is 14.5 Å². The summed E-state index contributed by atoms with van der Waals surface area (Å²) in [5, 5.41) is 0. The predicted molar refractivity (Wildman–Crippen MR) is 80.9 cm³/mol. The summed E-state index contributed by atoms with van der Waals surface area (Å²) in [6.45, 7) is 4.10. The number of likely N-dealkylation sites (tertiary alicyclic amines) is 1. The summed E-state index contributed by atoms with van der Waals surface area (Å²) in [5.74, 6) is 0. The first-order chi connectivity index (χ1) is 8.74. The minimum Gasteiger partial charge on any atom is -0.306 e. The van der Waals surface area contributed by atoms with Gasteiger partial charge in [-0.1, -0.05) is 0 Å². The molecule has 1 aromatic heterocycles. The van der Waals surface area contributed by atoms with Crippen molar-refractivity contribution < 1.29 is 0 Å². The number of hydrogen-bond acceptors (Lipinski definition) is 2. The number of H-pyrrole nitrogens is 1. The van der Waals surface area contributed by atoms with E-state index in [0.29, 0.717) is 0 Å². The van der Waals surface area contributed by atoms with Gasteiger partial charge in [0.15, 0.2) is 0 Å². The Balaban J connectivity index is 1.86. The Morgan fingerprint density at radius 3 is 2.78 bits per heavy atom. The first-order valence-electron chi connectivity index (χ1n) is 6.34. The molecular weight excluding hydrogens is 341 g/mol. The monoisotopic (exact) mass is 357 g/mol. The van der Waals surface area contributed by atoms with Gasteiger partial charge in [0, 0.05) is 16.7 Å². The summed E-state index contributed by atoms with van der Waals surface area (Å²) < 4.78 is 3.00. The number of rotatable bonds is 3. The van der Waals surface area contributed by atoms with E-state index in [9.17, 15) is 4.79 Å². The van der Waals surface area contributed by atoms with Crippen LogP contribution in [0, 0.1) is 3.57 Å². The lowest BCUT2D eigenvalue weighted by molar-refractivity contribution is 0.322. The molecule has 0 bridgehead atoms. The van der Waals surface area contributed by atoms with Crippen LogP contribution in [0.15, 0.2) is 23.0 Å². The molecule has 1 saturated heterocycles. The maximum absolute atomic E-state index is 11.9. The average molecular weight is 357 g/mol. The highest BCUT2D eigenvalue weighted by Crippen LogP contribution is 2.14.